The van der Waals surface area contributed by atoms with Crippen molar-refractivity contribution in [2.75, 3.05) is 18.0 Å². The molecule has 6 heteroatoms. The number of hydrogen-bond donors (Lipinski definition) is 0. The molecule has 31 heavy (non-hydrogen) atoms. The summed E-state index contributed by atoms with van der Waals surface area (Å²) in [4.78, 5) is 23.5. The number of rotatable bonds is 3. The smallest absolute Gasteiger partial charge is 0.226 e. The molecule has 0 unspecified atom stereocenters. The number of fused-ring (bicyclic) bond motifs is 1. The molecule has 2 heterocycles. The minimum absolute atomic E-state index is 0.344. The van der Waals surface area contributed by atoms with Crippen molar-refractivity contribution in [1.29, 1.82) is 0 Å². The first kappa shape index (κ1) is 20.5. The Balaban J connectivity index is 1.41. The Labute approximate surface area is 192 Å². The summed E-state index contributed by atoms with van der Waals surface area (Å²) in [6, 6.07) is 14.2. The van der Waals surface area contributed by atoms with Gasteiger partial charge in [0, 0.05) is 24.2 Å². The lowest BCUT2D eigenvalue weighted by Crippen LogP contribution is -2.41. The number of anilines is 1. The van der Waals surface area contributed by atoms with E-state index in [9.17, 15) is 4.79 Å². The van der Waals surface area contributed by atoms with Gasteiger partial charge in [-0.05, 0) is 55.2 Å². The second-order valence-electron chi connectivity index (χ2n) is 8.70. The number of carbonyl (C=O) groups is 1. The molecule has 0 saturated carbocycles. The van der Waals surface area contributed by atoms with Crippen LogP contribution in [0, 0.1) is 12.3 Å². The average Bonchev–Trinajstić information content (AvgIpc) is 3.13. The van der Waals surface area contributed by atoms with E-state index in [1.807, 2.05) is 19.1 Å². The molecule has 1 aliphatic heterocycles. The molecule has 0 N–H and O–H groups in total. The van der Waals surface area contributed by atoms with Crippen LogP contribution in [-0.2, 0) is 12.8 Å². The third-order valence-corrected chi connectivity index (χ3v) is 7.61. The van der Waals surface area contributed by atoms with Gasteiger partial charge in [-0.15, -0.1) is 0 Å². The third kappa shape index (κ3) is 3.62. The van der Waals surface area contributed by atoms with Crippen molar-refractivity contribution < 1.29 is 4.79 Å². The maximum Gasteiger partial charge on any atom is 0.226 e. The van der Waals surface area contributed by atoms with Gasteiger partial charge in [0.2, 0.25) is 5.95 Å². The van der Waals surface area contributed by atoms with Crippen molar-refractivity contribution in [2.45, 2.75) is 32.6 Å². The van der Waals surface area contributed by atoms with Gasteiger partial charge in [0.05, 0.1) is 15.7 Å². The quantitative estimate of drug-likeness (QED) is 0.461. The highest BCUT2D eigenvalue weighted by atomic mass is 35.5. The van der Waals surface area contributed by atoms with Gasteiger partial charge in [0.25, 0.3) is 0 Å². The van der Waals surface area contributed by atoms with E-state index in [1.165, 1.54) is 11.1 Å². The molecule has 1 spiro atoms. The van der Waals surface area contributed by atoms with Crippen LogP contribution in [0.4, 0.5) is 5.95 Å². The maximum absolute atomic E-state index is 11.9. The molecule has 2 aromatic carbocycles. The maximum atomic E-state index is 11.9. The Bertz CT molecular complexity index is 1140. The fraction of sp³-hybridized carbons (Fsp3) is 0.320. The highest BCUT2D eigenvalue weighted by Gasteiger charge is 2.40. The van der Waals surface area contributed by atoms with E-state index < -0.39 is 0 Å². The Morgan fingerprint density at radius 2 is 1.65 bits per heavy atom. The molecule has 4 nitrogen and oxygen atoms in total. The van der Waals surface area contributed by atoms with Crippen LogP contribution in [0.25, 0.3) is 11.1 Å². The second kappa shape index (κ2) is 7.92. The van der Waals surface area contributed by atoms with Gasteiger partial charge in [0.1, 0.15) is 5.69 Å². The van der Waals surface area contributed by atoms with Gasteiger partial charge in [-0.3, -0.25) is 4.79 Å². The van der Waals surface area contributed by atoms with Crippen molar-refractivity contribution in [1.82, 2.24) is 9.97 Å². The Morgan fingerprint density at radius 1 is 0.968 bits per heavy atom. The number of hydrogen-bond acceptors (Lipinski definition) is 4. The lowest BCUT2D eigenvalue weighted by molar-refractivity contribution is 0.111. The van der Waals surface area contributed by atoms with Crippen LogP contribution in [0.3, 0.4) is 0 Å². The summed E-state index contributed by atoms with van der Waals surface area (Å²) in [5.41, 5.74) is 5.73. The largest absolute Gasteiger partial charge is 0.341 e. The Hall–Kier alpha value is -2.43. The third-order valence-electron chi connectivity index (χ3n) is 6.79. The number of aldehydes is 1. The van der Waals surface area contributed by atoms with Crippen LogP contribution in [0.1, 0.15) is 40.2 Å². The zero-order chi connectivity index (χ0) is 21.6. The van der Waals surface area contributed by atoms with Gasteiger partial charge in [-0.1, -0.05) is 59.6 Å². The van der Waals surface area contributed by atoms with Crippen LogP contribution in [0.15, 0.2) is 42.5 Å². The van der Waals surface area contributed by atoms with Gasteiger partial charge in [0.15, 0.2) is 6.29 Å². The standard InChI is InChI=1S/C25H23Cl2N3O/c1-16-22(19-7-4-8-20(26)23(19)27)21(15-31)29-24(28-16)30-11-9-25(10-12-30)13-17-5-2-3-6-18(17)14-25/h2-8,15H,9-14H2,1H3. The average molecular weight is 452 g/mol. The summed E-state index contributed by atoms with van der Waals surface area (Å²) in [5.74, 6) is 0.617. The zero-order valence-electron chi connectivity index (χ0n) is 17.4. The fourth-order valence-corrected chi connectivity index (χ4v) is 5.54. The van der Waals surface area contributed by atoms with E-state index in [0.29, 0.717) is 38.2 Å². The van der Waals surface area contributed by atoms with Gasteiger partial charge >= 0.3 is 0 Å². The fourth-order valence-electron chi connectivity index (χ4n) is 5.14. The molecule has 0 bridgehead atoms. The summed E-state index contributed by atoms with van der Waals surface area (Å²) >= 11 is 12.6. The number of aromatic nitrogens is 2. The number of carbonyl (C=O) groups excluding carboxylic acids is 1. The summed E-state index contributed by atoms with van der Waals surface area (Å²) in [6.45, 7) is 3.68. The van der Waals surface area contributed by atoms with Gasteiger partial charge in [-0.25, -0.2) is 9.97 Å². The molecule has 2 aliphatic rings. The second-order valence-corrected chi connectivity index (χ2v) is 9.48. The Morgan fingerprint density at radius 3 is 2.29 bits per heavy atom. The highest BCUT2D eigenvalue weighted by molar-refractivity contribution is 6.43. The van der Waals surface area contributed by atoms with Crippen LogP contribution in [0.2, 0.25) is 10.0 Å². The van der Waals surface area contributed by atoms with Crippen molar-refractivity contribution in [3.8, 4) is 11.1 Å². The van der Waals surface area contributed by atoms with E-state index >= 15 is 0 Å². The first-order valence-electron chi connectivity index (χ1n) is 10.6. The lowest BCUT2D eigenvalue weighted by atomic mass is 9.76. The van der Waals surface area contributed by atoms with Crippen molar-refractivity contribution in [2.24, 2.45) is 5.41 Å². The van der Waals surface area contributed by atoms with Crippen LogP contribution in [0.5, 0.6) is 0 Å². The van der Waals surface area contributed by atoms with E-state index in [0.717, 1.165) is 50.8 Å². The molecule has 0 atom stereocenters. The van der Waals surface area contributed by atoms with E-state index in [2.05, 4.69) is 34.1 Å². The molecule has 1 aromatic heterocycles. The predicted octanol–water partition coefficient (Wildman–Crippen LogP) is 5.96. The molecule has 0 amide bonds. The Kier molecular flexibility index (Phi) is 5.23. The van der Waals surface area contributed by atoms with Crippen molar-refractivity contribution >= 4 is 35.4 Å². The van der Waals surface area contributed by atoms with Gasteiger partial charge < -0.3 is 4.90 Å². The van der Waals surface area contributed by atoms with Crippen molar-refractivity contribution in [3.63, 3.8) is 0 Å². The van der Waals surface area contributed by atoms with E-state index in [1.54, 1.807) is 6.07 Å². The number of aryl methyl sites for hydroxylation is 1. The summed E-state index contributed by atoms with van der Waals surface area (Å²) in [7, 11) is 0. The minimum atomic E-state index is 0.344. The monoisotopic (exact) mass is 451 g/mol. The molecule has 158 valence electrons. The normalized spacial score (nSPS) is 17.1. The first-order chi connectivity index (χ1) is 15.0. The summed E-state index contributed by atoms with van der Waals surface area (Å²) in [5, 5.41) is 0.853. The molecular weight excluding hydrogens is 429 g/mol. The van der Waals surface area contributed by atoms with E-state index in [4.69, 9.17) is 28.2 Å². The van der Waals surface area contributed by atoms with E-state index in [-0.39, 0.29) is 0 Å². The van der Waals surface area contributed by atoms with Gasteiger partial charge in [-0.2, -0.15) is 0 Å². The first-order valence-corrected chi connectivity index (χ1v) is 11.4. The molecule has 0 radical (unpaired) electrons. The molecule has 1 aliphatic carbocycles. The summed E-state index contributed by atoms with van der Waals surface area (Å²) in [6.07, 6.45) is 5.29. The van der Waals surface area contributed by atoms with Crippen molar-refractivity contribution in [3.05, 3.63) is 75.0 Å². The minimum Gasteiger partial charge on any atom is -0.341 e. The zero-order valence-corrected chi connectivity index (χ0v) is 18.9. The van der Waals surface area contributed by atoms with Crippen LogP contribution in [-0.4, -0.2) is 29.3 Å². The molecule has 1 fully saturated rings. The number of halogens is 2. The topological polar surface area (TPSA) is 46.1 Å². The molecule has 5 rings (SSSR count). The predicted molar refractivity (Wildman–Crippen MR) is 125 cm³/mol. The van der Waals surface area contributed by atoms with Crippen LogP contribution < -0.4 is 4.90 Å². The molecule has 1 saturated heterocycles. The SMILES string of the molecule is Cc1nc(N2CCC3(CC2)Cc2ccccc2C3)nc(C=O)c1-c1cccc(Cl)c1Cl. The number of nitrogens with zero attached hydrogens (tertiary/aromatic N) is 3. The number of piperidine rings is 1. The molecule has 3 aromatic rings. The number of benzene rings is 2. The molecular formula is C25H23Cl2N3O. The summed E-state index contributed by atoms with van der Waals surface area (Å²) < 4.78 is 0. The lowest BCUT2D eigenvalue weighted by Gasteiger charge is -2.39. The highest BCUT2D eigenvalue weighted by Crippen LogP contribution is 2.45. The van der Waals surface area contributed by atoms with Crippen LogP contribution >= 0.6 is 23.2 Å².